The third-order valence-corrected chi connectivity index (χ3v) is 3.20. The lowest BCUT2D eigenvalue weighted by molar-refractivity contribution is 0.0936. The second-order valence-corrected chi connectivity index (χ2v) is 5.77. The van der Waals surface area contributed by atoms with Crippen molar-refractivity contribution in [2.24, 2.45) is 0 Å². The van der Waals surface area contributed by atoms with E-state index < -0.39 is 0 Å². The van der Waals surface area contributed by atoms with Gasteiger partial charge in [0.15, 0.2) is 0 Å². The van der Waals surface area contributed by atoms with Crippen molar-refractivity contribution in [1.29, 1.82) is 0 Å². The number of halogens is 1. The molecule has 112 valence electrons. The number of hydrogen-bond donors (Lipinski definition) is 1. The van der Waals surface area contributed by atoms with Crippen LogP contribution in [0.2, 0.25) is 5.15 Å². The highest BCUT2D eigenvalue weighted by Crippen LogP contribution is 2.12. The molecule has 1 atom stereocenters. The fourth-order valence-electron chi connectivity index (χ4n) is 1.90. The van der Waals surface area contributed by atoms with E-state index in [0.717, 1.165) is 31.5 Å². The minimum absolute atomic E-state index is 0.0853. The monoisotopic (exact) mass is 297 g/mol. The summed E-state index contributed by atoms with van der Waals surface area (Å²) in [5.41, 5.74) is 1.45. The molecule has 0 radical (unpaired) electrons. The smallest absolute Gasteiger partial charge is 0.251 e. The van der Waals surface area contributed by atoms with Crippen LogP contribution in [0.1, 0.15) is 42.7 Å². The molecule has 0 aromatic carbocycles. The summed E-state index contributed by atoms with van der Waals surface area (Å²) in [5.74, 6) is -0.0853. The summed E-state index contributed by atoms with van der Waals surface area (Å²) in [5, 5.41) is 3.37. The van der Waals surface area contributed by atoms with Crippen molar-refractivity contribution in [1.82, 2.24) is 15.2 Å². The van der Waals surface area contributed by atoms with Crippen molar-refractivity contribution in [3.63, 3.8) is 0 Å². The minimum atomic E-state index is -0.0853. The van der Waals surface area contributed by atoms with Gasteiger partial charge >= 0.3 is 0 Å². The number of hydrogen-bond acceptors (Lipinski definition) is 3. The van der Waals surface area contributed by atoms with Crippen LogP contribution in [0.25, 0.3) is 0 Å². The van der Waals surface area contributed by atoms with E-state index in [2.05, 4.69) is 22.1 Å². The maximum Gasteiger partial charge on any atom is 0.251 e. The van der Waals surface area contributed by atoms with Crippen molar-refractivity contribution in [3.8, 4) is 0 Å². The first kappa shape index (κ1) is 16.9. The first-order valence-electron chi connectivity index (χ1n) is 7.04. The van der Waals surface area contributed by atoms with Crippen molar-refractivity contribution in [3.05, 3.63) is 28.5 Å². The zero-order valence-corrected chi connectivity index (χ0v) is 13.5. The normalized spacial score (nSPS) is 12.5. The molecular formula is C15H24ClN3O. The molecule has 1 unspecified atom stereocenters. The zero-order chi connectivity index (χ0) is 15.1. The Hall–Kier alpha value is -1.13. The number of aromatic nitrogens is 1. The highest BCUT2D eigenvalue weighted by atomic mass is 35.5. The number of nitrogens with one attached hydrogen (secondary N) is 1. The van der Waals surface area contributed by atoms with Crippen LogP contribution in [0.4, 0.5) is 0 Å². The summed E-state index contributed by atoms with van der Waals surface area (Å²) >= 11 is 5.97. The summed E-state index contributed by atoms with van der Waals surface area (Å²) < 4.78 is 0. The highest BCUT2D eigenvalue weighted by molar-refractivity contribution is 6.29. The lowest BCUT2D eigenvalue weighted by Gasteiger charge is -2.17. The predicted molar refractivity (Wildman–Crippen MR) is 83.3 cm³/mol. The number of pyridine rings is 1. The van der Waals surface area contributed by atoms with E-state index in [4.69, 9.17) is 11.6 Å². The average Bonchev–Trinajstić information content (AvgIpc) is 2.36. The molecule has 1 N–H and O–H groups in total. The maximum atomic E-state index is 12.2. The Morgan fingerprint density at radius 3 is 2.75 bits per heavy atom. The van der Waals surface area contributed by atoms with Crippen LogP contribution in [0.5, 0.6) is 0 Å². The van der Waals surface area contributed by atoms with Crippen LogP contribution in [-0.2, 0) is 6.42 Å². The summed E-state index contributed by atoms with van der Waals surface area (Å²) in [6.45, 7) is 5.03. The van der Waals surface area contributed by atoms with Gasteiger partial charge in [-0.05, 0) is 52.5 Å². The molecule has 0 aliphatic rings. The Balaban J connectivity index is 2.67. The number of carbonyl (C=O) groups excluding carboxylic acids is 1. The van der Waals surface area contributed by atoms with Crippen LogP contribution >= 0.6 is 11.6 Å². The molecule has 0 aliphatic carbocycles. The van der Waals surface area contributed by atoms with Gasteiger partial charge in [0.2, 0.25) is 0 Å². The Kier molecular flexibility index (Phi) is 6.96. The number of amides is 1. The van der Waals surface area contributed by atoms with Gasteiger partial charge in [0.25, 0.3) is 5.91 Å². The first-order chi connectivity index (χ1) is 9.42. The Bertz CT molecular complexity index is 449. The van der Waals surface area contributed by atoms with Crippen LogP contribution in [0.3, 0.4) is 0 Å². The molecule has 5 heteroatoms. The van der Waals surface area contributed by atoms with Crippen molar-refractivity contribution < 1.29 is 4.79 Å². The molecular weight excluding hydrogens is 274 g/mol. The fourth-order valence-corrected chi connectivity index (χ4v) is 2.12. The van der Waals surface area contributed by atoms with E-state index >= 15 is 0 Å². The lowest BCUT2D eigenvalue weighted by atomic mass is 10.1. The van der Waals surface area contributed by atoms with Crippen molar-refractivity contribution in [2.45, 2.75) is 39.2 Å². The van der Waals surface area contributed by atoms with Gasteiger partial charge in [0, 0.05) is 17.3 Å². The van der Waals surface area contributed by atoms with Crippen LogP contribution in [-0.4, -0.2) is 42.5 Å². The molecule has 1 heterocycles. The van der Waals surface area contributed by atoms with Gasteiger partial charge in [-0.15, -0.1) is 0 Å². The summed E-state index contributed by atoms with van der Waals surface area (Å²) in [6.07, 6.45) is 2.73. The fraction of sp³-hybridized carbons (Fsp3) is 0.600. The third kappa shape index (κ3) is 5.88. The molecule has 1 rings (SSSR count). The average molecular weight is 298 g/mol. The van der Waals surface area contributed by atoms with Gasteiger partial charge in [0.1, 0.15) is 5.15 Å². The quantitative estimate of drug-likeness (QED) is 0.787. The van der Waals surface area contributed by atoms with Crippen molar-refractivity contribution >= 4 is 17.5 Å². The molecule has 0 saturated carbocycles. The standard InChI is InChI=1S/C15H24ClN3O/c1-5-6-13-9-12(10-14(16)18-13)15(20)17-11(2)7-8-19(3)4/h9-11H,5-8H2,1-4H3,(H,17,20). The summed E-state index contributed by atoms with van der Waals surface area (Å²) in [7, 11) is 4.04. The second-order valence-electron chi connectivity index (χ2n) is 5.39. The molecule has 0 fully saturated rings. The number of rotatable bonds is 7. The molecule has 0 aliphatic heterocycles. The van der Waals surface area contributed by atoms with Crippen molar-refractivity contribution in [2.75, 3.05) is 20.6 Å². The van der Waals surface area contributed by atoms with E-state index in [-0.39, 0.29) is 11.9 Å². The topological polar surface area (TPSA) is 45.2 Å². The van der Waals surface area contributed by atoms with E-state index in [1.54, 1.807) is 6.07 Å². The highest BCUT2D eigenvalue weighted by Gasteiger charge is 2.12. The minimum Gasteiger partial charge on any atom is -0.350 e. The van der Waals surface area contributed by atoms with Crippen LogP contribution in [0, 0.1) is 0 Å². The Morgan fingerprint density at radius 2 is 2.15 bits per heavy atom. The third-order valence-electron chi connectivity index (χ3n) is 3.00. The number of nitrogens with zero attached hydrogens (tertiary/aromatic N) is 2. The maximum absolute atomic E-state index is 12.2. The Labute approximate surface area is 126 Å². The zero-order valence-electron chi connectivity index (χ0n) is 12.7. The SMILES string of the molecule is CCCc1cc(C(=O)NC(C)CCN(C)C)cc(Cl)n1. The van der Waals surface area contributed by atoms with Crippen LogP contribution < -0.4 is 5.32 Å². The molecule has 1 aromatic rings. The Morgan fingerprint density at radius 1 is 1.45 bits per heavy atom. The van der Waals surface area contributed by atoms with Crippen LogP contribution in [0.15, 0.2) is 12.1 Å². The van der Waals surface area contributed by atoms with E-state index in [9.17, 15) is 4.79 Å². The first-order valence-corrected chi connectivity index (χ1v) is 7.42. The molecule has 0 bridgehead atoms. The number of aryl methyl sites for hydroxylation is 1. The molecule has 20 heavy (non-hydrogen) atoms. The molecule has 4 nitrogen and oxygen atoms in total. The molecule has 1 amide bonds. The van der Waals surface area contributed by atoms with Gasteiger partial charge in [0.05, 0.1) is 0 Å². The van der Waals surface area contributed by atoms with Gasteiger partial charge in [-0.3, -0.25) is 4.79 Å². The molecule has 0 saturated heterocycles. The van der Waals surface area contributed by atoms with E-state index in [1.807, 2.05) is 27.1 Å². The summed E-state index contributed by atoms with van der Waals surface area (Å²) in [6, 6.07) is 3.57. The number of carbonyl (C=O) groups is 1. The van der Waals surface area contributed by atoms with Gasteiger partial charge in [-0.25, -0.2) is 4.98 Å². The lowest BCUT2D eigenvalue weighted by Crippen LogP contribution is -2.34. The van der Waals surface area contributed by atoms with E-state index in [0.29, 0.717) is 10.7 Å². The predicted octanol–water partition coefficient (Wildman–Crippen LogP) is 2.76. The largest absolute Gasteiger partial charge is 0.350 e. The summed E-state index contributed by atoms with van der Waals surface area (Å²) in [4.78, 5) is 18.5. The van der Waals surface area contributed by atoms with Gasteiger partial charge in [-0.2, -0.15) is 0 Å². The second kappa shape index (κ2) is 8.22. The van der Waals surface area contributed by atoms with Gasteiger partial charge < -0.3 is 10.2 Å². The van der Waals surface area contributed by atoms with Gasteiger partial charge in [-0.1, -0.05) is 24.9 Å². The van der Waals surface area contributed by atoms with E-state index in [1.165, 1.54) is 0 Å². The molecule has 1 aromatic heterocycles. The molecule has 0 spiro atoms.